The predicted octanol–water partition coefficient (Wildman–Crippen LogP) is 6.06. The third kappa shape index (κ3) is 5.82. The lowest BCUT2D eigenvalue weighted by Gasteiger charge is -2.15. The maximum Gasteiger partial charge on any atom is 0.416 e. The van der Waals surface area contributed by atoms with Gasteiger partial charge in [0.2, 0.25) is 0 Å². The van der Waals surface area contributed by atoms with Crippen LogP contribution in [0.5, 0.6) is 5.75 Å². The average molecular weight is 575 g/mol. The van der Waals surface area contributed by atoms with Gasteiger partial charge >= 0.3 is 18.1 Å². The molecule has 12 heteroatoms. The smallest absolute Gasteiger partial charge is 0.416 e. The molecule has 42 heavy (non-hydrogen) atoms. The number of alkyl halides is 3. The van der Waals surface area contributed by atoms with Crippen LogP contribution in [0.3, 0.4) is 0 Å². The quantitative estimate of drug-likeness (QED) is 0.186. The third-order valence-corrected chi connectivity index (χ3v) is 6.08. The number of carbonyl (C=O) groups is 3. The van der Waals surface area contributed by atoms with E-state index in [-0.39, 0.29) is 40.4 Å². The SMILES string of the molecule is CCOC(=O)c1cnn2c(-c3ccc(OC(=O)c4ccccc4)c(NC(=O)c4cccc(C(F)(F)F)c4)c3)ccnc12. The van der Waals surface area contributed by atoms with Gasteiger partial charge in [0.25, 0.3) is 5.91 Å². The lowest BCUT2D eigenvalue weighted by Crippen LogP contribution is -2.16. The summed E-state index contributed by atoms with van der Waals surface area (Å²) >= 11 is 0. The Labute approximate surface area is 236 Å². The molecular weight excluding hydrogens is 553 g/mol. The van der Waals surface area contributed by atoms with Crippen LogP contribution >= 0.6 is 0 Å². The van der Waals surface area contributed by atoms with E-state index in [0.29, 0.717) is 11.3 Å². The Morgan fingerprint density at radius 3 is 2.40 bits per heavy atom. The average Bonchev–Trinajstić information content (AvgIpc) is 3.43. The number of hydrogen-bond donors (Lipinski definition) is 1. The summed E-state index contributed by atoms with van der Waals surface area (Å²) in [5.41, 5.74) is 0.275. The van der Waals surface area contributed by atoms with Gasteiger partial charge in [0.1, 0.15) is 5.56 Å². The van der Waals surface area contributed by atoms with Crippen LogP contribution < -0.4 is 10.1 Å². The molecule has 0 atom stereocenters. The fraction of sp³-hybridized carbons (Fsp3) is 0.100. The van der Waals surface area contributed by atoms with Crippen molar-refractivity contribution in [2.24, 2.45) is 0 Å². The molecule has 0 aliphatic rings. The van der Waals surface area contributed by atoms with Gasteiger partial charge in [0, 0.05) is 17.3 Å². The van der Waals surface area contributed by atoms with E-state index < -0.39 is 29.6 Å². The second-order valence-electron chi connectivity index (χ2n) is 8.84. The fourth-order valence-corrected chi connectivity index (χ4v) is 4.10. The zero-order valence-corrected chi connectivity index (χ0v) is 21.9. The first-order valence-corrected chi connectivity index (χ1v) is 12.6. The molecule has 0 fully saturated rings. The Morgan fingerprint density at radius 1 is 0.905 bits per heavy atom. The lowest BCUT2D eigenvalue weighted by atomic mass is 10.1. The number of halogens is 3. The molecular formula is C30H21F3N4O5. The Morgan fingerprint density at radius 2 is 1.67 bits per heavy atom. The standard InChI is InChI=1S/C30H21F3N4O5/c1-2-41-29(40)22-17-35-37-24(13-14-34-26(22)37)19-11-12-25(42-28(39)18-7-4-3-5-8-18)23(16-19)36-27(38)20-9-6-10-21(15-20)30(31,32)33/h3-17H,2H2,1H3,(H,36,38). The van der Waals surface area contributed by atoms with Gasteiger partial charge in [-0.3, -0.25) is 4.79 Å². The molecule has 0 unspecified atom stereocenters. The lowest BCUT2D eigenvalue weighted by molar-refractivity contribution is -0.137. The Balaban J connectivity index is 1.55. The van der Waals surface area contributed by atoms with Crippen molar-refractivity contribution < 1.29 is 37.0 Å². The minimum atomic E-state index is -4.65. The predicted molar refractivity (Wildman–Crippen MR) is 145 cm³/mol. The van der Waals surface area contributed by atoms with Crippen LogP contribution in [0.2, 0.25) is 0 Å². The molecule has 2 heterocycles. The van der Waals surface area contributed by atoms with Crippen LogP contribution in [0.15, 0.2) is 91.3 Å². The highest BCUT2D eigenvalue weighted by Crippen LogP contribution is 2.33. The largest absolute Gasteiger partial charge is 0.462 e. The first kappa shape index (κ1) is 28.0. The molecule has 0 aliphatic heterocycles. The second-order valence-corrected chi connectivity index (χ2v) is 8.84. The summed E-state index contributed by atoms with van der Waals surface area (Å²) in [5.74, 6) is -2.23. The third-order valence-electron chi connectivity index (χ3n) is 6.08. The number of rotatable bonds is 7. The van der Waals surface area contributed by atoms with Gasteiger partial charge in [0.15, 0.2) is 11.4 Å². The molecule has 9 nitrogen and oxygen atoms in total. The highest BCUT2D eigenvalue weighted by atomic mass is 19.4. The monoisotopic (exact) mass is 574 g/mol. The number of nitrogens with zero attached hydrogens (tertiary/aromatic N) is 3. The van der Waals surface area contributed by atoms with Gasteiger partial charge in [-0.05, 0) is 61.5 Å². The van der Waals surface area contributed by atoms with Gasteiger partial charge in [-0.15, -0.1) is 0 Å². The summed E-state index contributed by atoms with van der Waals surface area (Å²) in [6, 6.07) is 18.2. The molecule has 0 saturated heterocycles. The molecule has 0 radical (unpaired) electrons. The number of anilines is 1. The molecule has 212 valence electrons. The second kappa shape index (κ2) is 11.5. The first-order chi connectivity index (χ1) is 20.2. The van der Waals surface area contributed by atoms with Crippen LogP contribution in [0.4, 0.5) is 18.9 Å². The van der Waals surface area contributed by atoms with Gasteiger partial charge in [-0.2, -0.15) is 18.3 Å². The van der Waals surface area contributed by atoms with Gasteiger partial charge in [-0.1, -0.05) is 24.3 Å². The summed E-state index contributed by atoms with van der Waals surface area (Å²) in [5, 5.41) is 6.81. The fourth-order valence-electron chi connectivity index (χ4n) is 4.10. The highest BCUT2D eigenvalue weighted by Gasteiger charge is 2.31. The normalized spacial score (nSPS) is 11.2. The molecule has 5 aromatic rings. The Hall–Kier alpha value is -5.52. The van der Waals surface area contributed by atoms with Gasteiger partial charge in [-0.25, -0.2) is 19.1 Å². The van der Waals surface area contributed by atoms with Gasteiger partial charge < -0.3 is 14.8 Å². The van der Waals surface area contributed by atoms with E-state index in [4.69, 9.17) is 9.47 Å². The van der Waals surface area contributed by atoms with Crippen molar-refractivity contribution in [1.82, 2.24) is 14.6 Å². The molecule has 5 rings (SSSR count). The molecule has 0 aliphatic carbocycles. The number of fused-ring (bicyclic) bond motifs is 1. The van der Waals surface area contributed by atoms with Crippen molar-refractivity contribution in [3.63, 3.8) is 0 Å². The van der Waals surface area contributed by atoms with Gasteiger partial charge in [0.05, 0.1) is 35.3 Å². The van der Waals surface area contributed by atoms with E-state index in [0.717, 1.165) is 18.2 Å². The van der Waals surface area contributed by atoms with Crippen molar-refractivity contribution >= 4 is 29.2 Å². The minimum Gasteiger partial charge on any atom is -0.462 e. The molecule has 2 aromatic heterocycles. The number of benzene rings is 3. The van der Waals surface area contributed by atoms with E-state index >= 15 is 0 Å². The molecule has 0 spiro atoms. The summed E-state index contributed by atoms with van der Waals surface area (Å²) in [6.45, 7) is 1.83. The maximum atomic E-state index is 13.3. The van der Waals surface area contributed by atoms with Crippen molar-refractivity contribution in [1.29, 1.82) is 0 Å². The maximum absolute atomic E-state index is 13.3. The highest BCUT2D eigenvalue weighted by molar-refractivity contribution is 6.06. The van der Waals surface area contributed by atoms with Crippen LogP contribution in [0, 0.1) is 0 Å². The van der Waals surface area contributed by atoms with E-state index in [2.05, 4.69) is 15.4 Å². The van der Waals surface area contributed by atoms with Crippen LogP contribution in [0.25, 0.3) is 16.9 Å². The summed E-state index contributed by atoms with van der Waals surface area (Å²) in [7, 11) is 0. The van der Waals surface area contributed by atoms with Crippen molar-refractivity contribution in [3.8, 4) is 17.0 Å². The van der Waals surface area contributed by atoms with E-state index in [1.54, 1.807) is 49.4 Å². The number of nitrogens with one attached hydrogen (secondary N) is 1. The molecule has 0 saturated carbocycles. The minimum absolute atomic E-state index is 0.00178. The first-order valence-electron chi connectivity index (χ1n) is 12.6. The van der Waals surface area contributed by atoms with E-state index in [1.807, 2.05) is 0 Å². The van der Waals surface area contributed by atoms with Crippen molar-refractivity contribution in [2.45, 2.75) is 13.1 Å². The zero-order chi connectivity index (χ0) is 29.9. The van der Waals surface area contributed by atoms with Crippen molar-refractivity contribution in [3.05, 3.63) is 114 Å². The Kier molecular flexibility index (Phi) is 7.69. The number of amides is 1. The van der Waals surface area contributed by atoms with E-state index in [1.165, 1.54) is 35.1 Å². The molecule has 3 aromatic carbocycles. The molecule has 1 amide bonds. The van der Waals surface area contributed by atoms with E-state index in [9.17, 15) is 27.6 Å². The number of carbonyl (C=O) groups excluding carboxylic acids is 3. The zero-order valence-electron chi connectivity index (χ0n) is 21.9. The topological polar surface area (TPSA) is 112 Å². The number of esters is 2. The molecule has 1 N–H and O–H groups in total. The van der Waals surface area contributed by atoms with Crippen LogP contribution in [-0.4, -0.2) is 39.1 Å². The van der Waals surface area contributed by atoms with Crippen LogP contribution in [0.1, 0.15) is 43.6 Å². The molecule has 0 bridgehead atoms. The summed E-state index contributed by atoms with van der Waals surface area (Å²) in [4.78, 5) is 42.5. The summed E-state index contributed by atoms with van der Waals surface area (Å²) < 4.78 is 51.8. The number of aromatic nitrogens is 3. The summed E-state index contributed by atoms with van der Waals surface area (Å²) in [6.07, 6.45) is -1.87. The number of ether oxygens (including phenoxy) is 2. The van der Waals surface area contributed by atoms with Crippen LogP contribution in [-0.2, 0) is 10.9 Å². The van der Waals surface area contributed by atoms with Crippen molar-refractivity contribution in [2.75, 3.05) is 11.9 Å². The Bertz CT molecular complexity index is 1800. The number of hydrogen-bond acceptors (Lipinski definition) is 7.